The Morgan fingerprint density at radius 2 is 2.30 bits per heavy atom. The third-order valence-electron chi connectivity index (χ3n) is 4.30. The molecule has 1 fully saturated rings. The number of hydrogen-bond acceptors (Lipinski definition) is 3. The van der Waals surface area contributed by atoms with Gasteiger partial charge < -0.3 is 10.6 Å². The van der Waals surface area contributed by atoms with Crippen molar-refractivity contribution in [3.05, 3.63) is 22.4 Å². The lowest BCUT2D eigenvalue weighted by Crippen LogP contribution is -2.34. The van der Waals surface area contributed by atoms with Crippen molar-refractivity contribution in [3.63, 3.8) is 0 Å². The van der Waals surface area contributed by atoms with Gasteiger partial charge in [-0.1, -0.05) is 19.4 Å². The van der Waals surface area contributed by atoms with Gasteiger partial charge in [0, 0.05) is 24.4 Å². The van der Waals surface area contributed by atoms with E-state index < -0.39 is 0 Å². The molecule has 0 aliphatic carbocycles. The van der Waals surface area contributed by atoms with Gasteiger partial charge >= 0.3 is 0 Å². The van der Waals surface area contributed by atoms with E-state index in [-0.39, 0.29) is 5.41 Å². The molecule has 112 valence electrons. The molecule has 0 bridgehead atoms. The SMILES string of the molecule is CC1(CN)CCN(C(=O)CCCCCc2cccs2)C1. The number of amides is 1. The molecule has 2 rings (SSSR count). The number of carbonyl (C=O) groups excluding carboxylic acids is 1. The highest BCUT2D eigenvalue weighted by Gasteiger charge is 2.34. The predicted molar refractivity (Wildman–Crippen MR) is 84.8 cm³/mol. The summed E-state index contributed by atoms with van der Waals surface area (Å²) in [6.07, 6.45) is 6.25. The van der Waals surface area contributed by atoms with Crippen LogP contribution in [0, 0.1) is 5.41 Å². The minimum atomic E-state index is 0.148. The lowest BCUT2D eigenvalue weighted by Gasteiger charge is -2.22. The van der Waals surface area contributed by atoms with Gasteiger partial charge in [0.25, 0.3) is 0 Å². The number of unbranched alkanes of at least 4 members (excludes halogenated alkanes) is 2. The summed E-state index contributed by atoms with van der Waals surface area (Å²) in [4.78, 5) is 15.6. The molecule has 1 aliphatic rings. The Morgan fingerprint density at radius 3 is 2.95 bits per heavy atom. The normalized spacial score (nSPS) is 22.4. The molecule has 2 N–H and O–H groups in total. The zero-order chi connectivity index (χ0) is 14.4. The molecule has 1 amide bonds. The lowest BCUT2D eigenvalue weighted by molar-refractivity contribution is -0.130. The molecule has 3 nitrogen and oxygen atoms in total. The Kier molecular flexibility index (Phi) is 5.61. The fourth-order valence-electron chi connectivity index (χ4n) is 2.77. The van der Waals surface area contributed by atoms with E-state index in [2.05, 4.69) is 24.4 Å². The van der Waals surface area contributed by atoms with Gasteiger partial charge in [0.2, 0.25) is 5.91 Å². The van der Waals surface area contributed by atoms with E-state index in [4.69, 9.17) is 5.73 Å². The molecule has 1 atom stereocenters. The molecule has 4 heteroatoms. The smallest absolute Gasteiger partial charge is 0.222 e. The maximum absolute atomic E-state index is 12.1. The number of likely N-dealkylation sites (tertiary alicyclic amines) is 1. The fourth-order valence-corrected chi connectivity index (χ4v) is 3.52. The molecule has 2 heterocycles. The van der Waals surface area contributed by atoms with Crippen LogP contribution in [0.2, 0.25) is 0 Å². The lowest BCUT2D eigenvalue weighted by atomic mass is 9.90. The molecule has 1 aromatic heterocycles. The highest BCUT2D eigenvalue weighted by molar-refractivity contribution is 7.09. The molecule has 1 aromatic rings. The minimum absolute atomic E-state index is 0.148. The van der Waals surface area contributed by atoms with E-state index in [1.165, 1.54) is 11.3 Å². The van der Waals surface area contributed by atoms with Crippen molar-refractivity contribution in [1.82, 2.24) is 4.90 Å². The third kappa shape index (κ3) is 4.32. The van der Waals surface area contributed by atoms with Crippen LogP contribution in [0.15, 0.2) is 17.5 Å². The third-order valence-corrected chi connectivity index (χ3v) is 5.23. The number of hydrogen-bond donors (Lipinski definition) is 1. The van der Waals surface area contributed by atoms with Gasteiger partial charge in [0.15, 0.2) is 0 Å². The second-order valence-corrected chi connectivity index (χ2v) is 7.25. The molecule has 0 aromatic carbocycles. The van der Waals surface area contributed by atoms with Crippen molar-refractivity contribution in [2.45, 2.75) is 45.4 Å². The fraction of sp³-hybridized carbons (Fsp3) is 0.688. The van der Waals surface area contributed by atoms with E-state index in [1.807, 2.05) is 16.2 Å². The maximum atomic E-state index is 12.1. The van der Waals surface area contributed by atoms with Crippen molar-refractivity contribution in [3.8, 4) is 0 Å². The van der Waals surface area contributed by atoms with E-state index in [9.17, 15) is 4.79 Å². The first-order valence-electron chi connectivity index (χ1n) is 7.63. The van der Waals surface area contributed by atoms with Crippen LogP contribution in [-0.4, -0.2) is 30.4 Å². The second-order valence-electron chi connectivity index (χ2n) is 6.22. The van der Waals surface area contributed by atoms with E-state index in [1.54, 1.807) is 0 Å². The van der Waals surface area contributed by atoms with Crippen LogP contribution < -0.4 is 5.73 Å². The van der Waals surface area contributed by atoms with E-state index in [0.717, 1.165) is 38.8 Å². The van der Waals surface area contributed by atoms with Crippen LogP contribution >= 0.6 is 11.3 Å². The molecule has 1 unspecified atom stereocenters. The number of nitrogens with zero attached hydrogens (tertiary/aromatic N) is 1. The Morgan fingerprint density at radius 1 is 1.45 bits per heavy atom. The van der Waals surface area contributed by atoms with Crippen molar-refractivity contribution in [2.24, 2.45) is 11.1 Å². The maximum Gasteiger partial charge on any atom is 0.222 e. The van der Waals surface area contributed by atoms with Crippen molar-refractivity contribution < 1.29 is 4.79 Å². The van der Waals surface area contributed by atoms with Gasteiger partial charge in [-0.05, 0) is 49.1 Å². The molecule has 0 saturated carbocycles. The number of nitrogens with two attached hydrogens (primary N) is 1. The highest BCUT2D eigenvalue weighted by Crippen LogP contribution is 2.29. The van der Waals surface area contributed by atoms with E-state index in [0.29, 0.717) is 18.9 Å². The van der Waals surface area contributed by atoms with Gasteiger partial charge in [0.05, 0.1) is 0 Å². The molecular formula is C16H26N2OS. The summed E-state index contributed by atoms with van der Waals surface area (Å²) < 4.78 is 0. The summed E-state index contributed by atoms with van der Waals surface area (Å²) in [5.74, 6) is 0.318. The Labute approximate surface area is 126 Å². The molecule has 20 heavy (non-hydrogen) atoms. The van der Waals surface area contributed by atoms with Crippen LogP contribution in [0.1, 0.15) is 43.9 Å². The van der Waals surface area contributed by atoms with Crippen LogP contribution in [-0.2, 0) is 11.2 Å². The standard InChI is InChI=1S/C16H26N2OS/c1-16(12-17)9-10-18(13-16)15(19)8-4-2-3-6-14-7-5-11-20-14/h5,7,11H,2-4,6,8-10,12-13,17H2,1H3. The van der Waals surface area contributed by atoms with Crippen molar-refractivity contribution in [2.75, 3.05) is 19.6 Å². The van der Waals surface area contributed by atoms with Gasteiger partial charge in [-0.15, -0.1) is 11.3 Å². The van der Waals surface area contributed by atoms with Gasteiger partial charge in [0.1, 0.15) is 0 Å². The molecule has 0 radical (unpaired) electrons. The summed E-state index contributed by atoms with van der Waals surface area (Å²) in [5, 5.41) is 2.13. The first-order chi connectivity index (χ1) is 9.63. The van der Waals surface area contributed by atoms with Gasteiger partial charge in [-0.2, -0.15) is 0 Å². The largest absolute Gasteiger partial charge is 0.342 e. The minimum Gasteiger partial charge on any atom is -0.342 e. The monoisotopic (exact) mass is 294 g/mol. The second kappa shape index (κ2) is 7.23. The number of thiophene rings is 1. The van der Waals surface area contributed by atoms with Crippen LogP contribution in [0.5, 0.6) is 0 Å². The average molecular weight is 294 g/mol. The molecule has 1 aliphatic heterocycles. The molecule has 1 saturated heterocycles. The summed E-state index contributed by atoms with van der Waals surface area (Å²) >= 11 is 1.82. The quantitative estimate of drug-likeness (QED) is 0.786. The summed E-state index contributed by atoms with van der Waals surface area (Å²) in [6, 6.07) is 4.29. The number of rotatable bonds is 7. The van der Waals surface area contributed by atoms with Gasteiger partial charge in [-0.3, -0.25) is 4.79 Å². The Balaban J connectivity index is 1.59. The van der Waals surface area contributed by atoms with Crippen LogP contribution in [0.4, 0.5) is 0 Å². The van der Waals surface area contributed by atoms with Crippen LogP contribution in [0.3, 0.4) is 0 Å². The van der Waals surface area contributed by atoms with Crippen LogP contribution in [0.25, 0.3) is 0 Å². The first-order valence-corrected chi connectivity index (χ1v) is 8.51. The predicted octanol–water partition coefficient (Wildman–Crippen LogP) is 3.05. The first kappa shape index (κ1) is 15.5. The number of aryl methyl sites for hydroxylation is 1. The molecule has 0 spiro atoms. The Hall–Kier alpha value is -0.870. The summed E-state index contributed by atoms with van der Waals surface area (Å²) in [5.41, 5.74) is 5.93. The summed E-state index contributed by atoms with van der Waals surface area (Å²) in [7, 11) is 0. The zero-order valence-corrected chi connectivity index (χ0v) is 13.3. The van der Waals surface area contributed by atoms with E-state index >= 15 is 0 Å². The molecular weight excluding hydrogens is 268 g/mol. The van der Waals surface area contributed by atoms with Crippen molar-refractivity contribution >= 4 is 17.2 Å². The van der Waals surface area contributed by atoms with Gasteiger partial charge in [-0.25, -0.2) is 0 Å². The topological polar surface area (TPSA) is 46.3 Å². The average Bonchev–Trinajstić information content (AvgIpc) is 3.08. The highest BCUT2D eigenvalue weighted by atomic mass is 32.1. The zero-order valence-electron chi connectivity index (χ0n) is 12.4. The summed E-state index contributed by atoms with van der Waals surface area (Å²) in [6.45, 7) is 4.60. The van der Waals surface area contributed by atoms with Crippen molar-refractivity contribution in [1.29, 1.82) is 0 Å². The number of carbonyl (C=O) groups is 1. The Bertz CT molecular complexity index is 418.